The van der Waals surface area contributed by atoms with Gasteiger partial charge in [0.2, 0.25) is 0 Å². The van der Waals surface area contributed by atoms with Crippen LogP contribution in [0.2, 0.25) is 0 Å². The van der Waals surface area contributed by atoms with Gasteiger partial charge in [0.25, 0.3) is 0 Å². The molecule has 0 aromatic rings. The molecule has 1 heterocycles. The first-order valence-corrected chi connectivity index (χ1v) is 6.82. The van der Waals surface area contributed by atoms with Gasteiger partial charge in [0.05, 0.1) is 25.4 Å². The molecular weight excluding hydrogens is 218 g/mol. The van der Waals surface area contributed by atoms with Crippen molar-refractivity contribution in [2.24, 2.45) is 0 Å². The summed E-state index contributed by atoms with van der Waals surface area (Å²) < 4.78 is 11.2. The van der Waals surface area contributed by atoms with Gasteiger partial charge in [0.1, 0.15) is 0 Å². The number of aliphatic hydroxyl groups is 1. The van der Waals surface area contributed by atoms with Crippen LogP contribution in [0.1, 0.15) is 39.5 Å². The van der Waals surface area contributed by atoms with E-state index in [0.717, 1.165) is 38.8 Å². The summed E-state index contributed by atoms with van der Waals surface area (Å²) in [6.07, 6.45) is 4.35. The molecule has 1 fully saturated rings. The molecule has 0 spiro atoms. The molecule has 0 radical (unpaired) electrons. The second-order valence-electron chi connectivity index (χ2n) is 4.72. The van der Waals surface area contributed by atoms with Gasteiger partial charge in [-0.1, -0.05) is 13.8 Å². The highest BCUT2D eigenvalue weighted by molar-refractivity contribution is 4.87. The predicted octanol–water partition coefficient (Wildman–Crippen LogP) is 1.32. The van der Waals surface area contributed by atoms with E-state index in [0.29, 0.717) is 19.3 Å². The Balaban J connectivity index is 2.20. The average molecular weight is 245 g/mol. The number of nitrogens with one attached hydrogen (secondary N) is 1. The molecule has 1 unspecified atom stereocenters. The molecule has 0 aliphatic carbocycles. The fourth-order valence-electron chi connectivity index (χ4n) is 2.45. The molecule has 0 bridgehead atoms. The van der Waals surface area contributed by atoms with Gasteiger partial charge in [0, 0.05) is 19.2 Å². The average Bonchev–Trinajstić information content (AvgIpc) is 2.39. The summed E-state index contributed by atoms with van der Waals surface area (Å²) in [4.78, 5) is 0. The van der Waals surface area contributed by atoms with E-state index in [1.165, 1.54) is 0 Å². The standard InChI is InChI=1S/C13H27NO3/c1-3-13(4-2)11-12(5-8-17-13)14-6-9-16-10-7-15/h12,14-15H,3-11H2,1-2H3. The summed E-state index contributed by atoms with van der Waals surface area (Å²) in [6, 6.07) is 0.543. The molecule has 1 saturated heterocycles. The Kier molecular flexibility index (Phi) is 7.04. The van der Waals surface area contributed by atoms with Crippen LogP contribution in [0.5, 0.6) is 0 Å². The molecule has 1 aliphatic rings. The minimum absolute atomic E-state index is 0.0852. The van der Waals surface area contributed by atoms with Crippen LogP contribution in [0.15, 0.2) is 0 Å². The zero-order valence-electron chi connectivity index (χ0n) is 11.2. The van der Waals surface area contributed by atoms with Crippen molar-refractivity contribution < 1.29 is 14.6 Å². The second kappa shape index (κ2) is 8.03. The van der Waals surface area contributed by atoms with E-state index in [1.54, 1.807) is 0 Å². The van der Waals surface area contributed by atoms with E-state index >= 15 is 0 Å². The highest BCUT2D eigenvalue weighted by atomic mass is 16.5. The van der Waals surface area contributed by atoms with E-state index < -0.39 is 0 Å². The third-order valence-electron chi connectivity index (χ3n) is 3.70. The fourth-order valence-corrected chi connectivity index (χ4v) is 2.45. The highest BCUT2D eigenvalue weighted by Crippen LogP contribution is 2.31. The molecule has 1 aliphatic heterocycles. The Hall–Kier alpha value is -0.160. The molecule has 2 N–H and O–H groups in total. The van der Waals surface area contributed by atoms with Crippen molar-refractivity contribution in [1.29, 1.82) is 0 Å². The lowest BCUT2D eigenvalue weighted by molar-refractivity contribution is -0.0934. The Morgan fingerprint density at radius 2 is 2.12 bits per heavy atom. The van der Waals surface area contributed by atoms with Gasteiger partial charge in [-0.05, 0) is 25.7 Å². The molecule has 0 aromatic heterocycles. The molecule has 4 heteroatoms. The van der Waals surface area contributed by atoms with Crippen LogP contribution >= 0.6 is 0 Å². The van der Waals surface area contributed by atoms with Crippen LogP contribution in [-0.2, 0) is 9.47 Å². The maximum absolute atomic E-state index is 8.58. The first-order valence-electron chi connectivity index (χ1n) is 6.82. The number of hydrogen-bond acceptors (Lipinski definition) is 4. The monoisotopic (exact) mass is 245 g/mol. The van der Waals surface area contributed by atoms with Crippen molar-refractivity contribution in [3.8, 4) is 0 Å². The molecule has 17 heavy (non-hydrogen) atoms. The van der Waals surface area contributed by atoms with Crippen molar-refractivity contribution in [1.82, 2.24) is 5.32 Å². The number of aliphatic hydroxyl groups excluding tert-OH is 1. The molecule has 4 nitrogen and oxygen atoms in total. The van der Waals surface area contributed by atoms with E-state index in [4.69, 9.17) is 14.6 Å². The van der Waals surface area contributed by atoms with Crippen LogP contribution in [0.25, 0.3) is 0 Å². The third-order valence-corrected chi connectivity index (χ3v) is 3.70. The summed E-state index contributed by atoms with van der Waals surface area (Å²) in [5, 5.41) is 12.1. The highest BCUT2D eigenvalue weighted by Gasteiger charge is 2.33. The van der Waals surface area contributed by atoms with Crippen molar-refractivity contribution >= 4 is 0 Å². The summed E-state index contributed by atoms with van der Waals surface area (Å²) in [5.41, 5.74) is 0.0852. The van der Waals surface area contributed by atoms with Crippen molar-refractivity contribution in [3.63, 3.8) is 0 Å². The SMILES string of the molecule is CCC1(CC)CC(NCCOCCO)CCO1. The predicted molar refractivity (Wildman–Crippen MR) is 68.2 cm³/mol. The largest absolute Gasteiger partial charge is 0.394 e. The minimum Gasteiger partial charge on any atom is -0.394 e. The lowest BCUT2D eigenvalue weighted by atomic mass is 9.86. The zero-order chi connectivity index (χ0) is 12.6. The Morgan fingerprint density at radius 1 is 1.35 bits per heavy atom. The van der Waals surface area contributed by atoms with Crippen molar-refractivity contribution in [2.45, 2.75) is 51.2 Å². The van der Waals surface area contributed by atoms with Crippen molar-refractivity contribution in [3.05, 3.63) is 0 Å². The van der Waals surface area contributed by atoms with Gasteiger partial charge >= 0.3 is 0 Å². The molecule has 102 valence electrons. The van der Waals surface area contributed by atoms with E-state index in [2.05, 4.69) is 19.2 Å². The van der Waals surface area contributed by atoms with Gasteiger partial charge in [0.15, 0.2) is 0 Å². The quantitative estimate of drug-likeness (QED) is 0.633. The van der Waals surface area contributed by atoms with Crippen LogP contribution < -0.4 is 5.32 Å². The van der Waals surface area contributed by atoms with Crippen LogP contribution in [0.4, 0.5) is 0 Å². The van der Waals surface area contributed by atoms with Gasteiger partial charge < -0.3 is 19.9 Å². The minimum atomic E-state index is 0.0852. The maximum Gasteiger partial charge on any atom is 0.0698 e. The molecule has 1 rings (SSSR count). The summed E-state index contributed by atoms with van der Waals surface area (Å²) in [7, 11) is 0. The lowest BCUT2D eigenvalue weighted by Gasteiger charge is -2.40. The number of hydrogen-bond donors (Lipinski definition) is 2. The maximum atomic E-state index is 8.58. The summed E-state index contributed by atoms with van der Waals surface area (Å²) >= 11 is 0. The van der Waals surface area contributed by atoms with Gasteiger partial charge in [-0.15, -0.1) is 0 Å². The van der Waals surface area contributed by atoms with E-state index in [-0.39, 0.29) is 12.2 Å². The molecule has 1 atom stereocenters. The summed E-state index contributed by atoms with van der Waals surface area (Å²) in [5.74, 6) is 0. The van der Waals surface area contributed by atoms with Crippen LogP contribution in [0.3, 0.4) is 0 Å². The first-order chi connectivity index (χ1) is 8.26. The van der Waals surface area contributed by atoms with Crippen molar-refractivity contribution in [2.75, 3.05) is 33.0 Å². The molecule has 0 aromatic carbocycles. The molecule has 0 amide bonds. The molecular formula is C13H27NO3. The Labute approximate surface area is 105 Å². The van der Waals surface area contributed by atoms with E-state index in [1.807, 2.05) is 0 Å². The lowest BCUT2D eigenvalue weighted by Crippen LogP contribution is -2.47. The first kappa shape index (κ1) is 14.9. The number of rotatable bonds is 8. The van der Waals surface area contributed by atoms with Crippen LogP contribution in [-0.4, -0.2) is 49.7 Å². The number of ether oxygens (including phenoxy) is 2. The smallest absolute Gasteiger partial charge is 0.0698 e. The van der Waals surface area contributed by atoms with Crippen LogP contribution in [0, 0.1) is 0 Å². The zero-order valence-corrected chi connectivity index (χ0v) is 11.2. The Bertz CT molecular complexity index is 195. The van der Waals surface area contributed by atoms with Gasteiger partial charge in [-0.3, -0.25) is 0 Å². The second-order valence-corrected chi connectivity index (χ2v) is 4.72. The van der Waals surface area contributed by atoms with E-state index in [9.17, 15) is 0 Å². The molecule has 0 saturated carbocycles. The normalized spacial score (nSPS) is 23.8. The third kappa shape index (κ3) is 4.92. The van der Waals surface area contributed by atoms with Gasteiger partial charge in [-0.2, -0.15) is 0 Å². The Morgan fingerprint density at radius 3 is 2.76 bits per heavy atom. The summed E-state index contributed by atoms with van der Waals surface area (Å²) in [6.45, 7) is 7.33. The van der Waals surface area contributed by atoms with Gasteiger partial charge in [-0.25, -0.2) is 0 Å². The fraction of sp³-hybridized carbons (Fsp3) is 1.00. The topological polar surface area (TPSA) is 50.7 Å².